The van der Waals surface area contributed by atoms with Crippen LogP contribution in [0.4, 0.5) is 0 Å². The zero-order chi connectivity index (χ0) is 21.3. The van der Waals surface area contributed by atoms with Crippen LogP contribution >= 0.6 is 0 Å². The van der Waals surface area contributed by atoms with Gasteiger partial charge in [0.05, 0.1) is 0 Å². The van der Waals surface area contributed by atoms with Crippen molar-refractivity contribution < 1.29 is 5.11 Å². The molecule has 0 aliphatic heterocycles. The van der Waals surface area contributed by atoms with Crippen LogP contribution in [0.15, 0.2) is 0 Å². The van der Waals surface area contributed by atoms with Crippen molar-refractivity contribution in [2.45, 2.75) is 168 Å². The molecule has 0 saturated heterocycles. The maximum Gasteiger partial charge on any atom is 0.0431 e. The summed E-state index contributed by atoms with van der Waals surface area (Å²) in [4.78, 5) is 0. The first-order valence-corrected chi connectivity index (χ1v) is 14.0. The Morgan fingerprint density at radius 2 is 0.655 bits per heavy atom. The molecule has 0 radical (unpaired) electrons. The standard InChI is InChI=1S/C28H58O/c1-3-5-7-9-11-13-15-17-19-21-24-28(26-23-27-29)25-22-20-18-16-14-12-10-8-6-4-2/h28-29H,3-27H2,1-2H3. The largest absolute Gasteiger partial charge is 0.396 e. The van der Waals surface area contributed by atoms with Gasteiger partial charge in [-0.25, -0.2) is 0 Å². The highest BCUT2D eigenvalue weighted by atomic mass is 16.2. The first kappa shape index (κ1) is 29.0. The lowest BCUT2D eigenvalue weighted by Gasteiger charge is -2.16. The van der Waals surface area contributed by atoms with E-state index in [2.05, 4.69) is 13.8 Å². The molecule has 0 aromatic rings. The van der Waals surface area contributed by atoms with Crippen LogP contribution < -0.4 is 0 Å². The van der Waals surface area contributed by atoms with Crippen molar-refractivity contribution in [1.29, 1.82) is 0 Å². The minimum atomic E-state index is 0.382. The first-order chi connectivity index (χ1) is 14.3. The van der Waals surface area contributed by atoms with Gasteiger partial charge in [-0.05, 0) is 18.8 Å². The Labute approximate surface area is 185 Å². The van der Waals surface area contributed by atoms with E-state index in [1.54, 1.807) is 0 Å². The molecule has 1 N–H and O–H groups in total. The fourth-order valence-electron chi connectivity index (χ4n) is 4.65. The average molecular weight is 411 g/mol. The summed E-state index contributed by atoms with van der Waals surface area (Å²) in [7, 11) is 0. The van der Waals surface area contributed by atoms with Gasteiger partial charge in [-0.2, -0.15) is 0 Å². The third kappa shape index (κ3) is 24.1. The van der Waals surface area contributed by atoms with Crippen LogP contribution in [0.25, 0.3) is 0 Å². The summed E-state index contributed by atoms with van der Waals surface area (Å²) in [5, 5.41) is 9.21. The molecular formula is C28H58O. The van der Waals surface area contributed by atoms with Gasteiger partial charge in [-0.15, -0.1) is 0 Å². The van der Waals surface area contributed by atoms with Gasteiger partial charge < -0.3 is 5.11 Å². The lowest BCUT2D eigenvalue weighted by molar-refractivity contribution is 0.261. The maximum absolute atomic E-state index is 9.21. The maximum atomic E-state index is 9.21. The Bertz CT molecular complexity index is 251. The Morgan fingerprint density at radius 3 is 0.966 bits per heavy atom. The molecular weight excluding hydrogens is 352 g/mol. The summed E-state index contributed by atoms with van der Waals surface area (Å²) in [6, 6.07) is 0. The third-order valence-corrected chi connectivity index (χ3v) is 6.70. The molecule has 0 saturated carbocycles. The molecule has 0 spiro atoms. The summed E-state index contributed by atoms with van der Waals surface area (Å²) >= 11 is 0. The predicted octanol–water partition coefficient (Wildman–Crippen LogP) is 10.00. The fourth-order valence-corrected chi connectivity index (χ4v) is 4.65. The van der Waals surface area contributed by atoms with Crippen molar-refractivity contribution >= 4 is 0 Å². The van der Waals surface area contributed by atoms with Crippen LogP contribution in [0, 0.1) is 5.92 Å². The second kappa shape index (κ2) is 26.0. The number of aliphatic hydroxyl groups excluding tert-OH is 1. The van der Waals surface area contributed by atoms with Crippen molar-refractivity contribution in [3.63, 3.8) is 0 Å². The van der Waals surface area contributed by atoms with Crippen molar-refractivity contribution in [3.8, 4) is 0 Å². The molecule has 0 atom stereocenters. The summed E-state index contributed by atoms with van der Waals surface area (Å²) < 4.78 is 0. The van der Waals surface area contributed by atoms with Crippen LogP contribution in [-0.2, 0) is 0 Å². The molecule has 176 valence electrons. The summed E-state index contributed by atoms with van der Waals surface area (Å²) in [6.07, 6.45) is 33.8. The van der Waals surface area contributed by atoms with Crippen molar-refractivity contribution in [2.24, 2.45) is 5.92 Å². The predicted molar refractivity (Wildman–Crippen MR) is 133 cm³/mol. The van der Waals surface area contributed by atoms with Crippen LogP contribution in [0.2, 0.25) is 0 Å². The van der Waals surface area contributed by atoms with Crippen molar-refractivity contribution in [1.82, 2.24) is 0 Å². The van der Waals surface area contributed by atoms with E-state index < -0.39 is 0 Å². The molecule has 1 nitrogen and oxygen atoms in total. The average Bonchev–Trinajstić information content (AvgIpc) is 2.74. The molecule has 0 unspecified atom stereocenters. The number of aliphatic hydroxyl groups is 1. The Hall–Kier alpha value is -0.0400. The van der Waals surface area contributed by atoms with Gasteiger partial charge in [0, 0.05) is 6.61 Å². The fraction of sp³-hybridized carbons (Fsp3) is 1.00. The van der Waals surface area contributed by atoms with E-state index in [1.165, 1.54) is 148 Å². The van der Waals surface area contributed by atoms with Crippen LogP contribution in [-0.4, -0.2) is 11.7 Å². The highest BCUT2D eigenvalue weighted by Gasteiger charge is 2.08. The normalized spacial score (nSPS) is 11.6. The zero-order valence-electron chi connectivity index (χ0n) is 20.7. The Morgan fingerprint density at radius 1 is 0.379 bits per heavy atom. The van der Waals surface area contributed by atoms with E-state index in [1.807, 2.05) is 0 Å². The third-order valence-electron chi connectivity index (χ3n) is 6.70. The smallest absolute Gasteiger partial charge is 0.0431 e. The molecule has 0 fully saturated rings. The quantitative estimate of drug-likeness (QED) is 0.148. The van der Waals surface area contributed by atoms with Crippen LogP contribution in [0.3, 0.4) is 0 Å². The number of hydrogen-bond donors (Lipinski definition) is 1. The number of unbranched alkanes of at least 4 members (excludes halogenated alkanes) is 18. The minimum Gasteiger partial charge on any atom is -0.396 e. The molecule has 0 aliphatic carbocycles. The molecule has 0 bridgehead atoms. The summed E-state index contributed by atoms with van der Waals surface area (Å²) in [5.41, 5.74) is 0. The first-order valence-electron chi connectivity index (χ1n) is 14.0. The number of rotatable bonds is 25. The second-order valence-electron chi connectivity index (χ2n) is 9.67. The minimum absolute atomic E-state index is 0.382. The van der Waals surface area contributed by atoms with E-state index in [4.69, 9.17) is 0 Å². The van der Waals surface area contributed by atoms with Gasteiger partial charge in [0.1, 0.15) is 0 Å². The van der Waals surface area contributed by atoms with Gasteiger partial charge >= 0.3 is 0 Å². The Balaban J connectivity index is 3.52. The molecule has 0 aromatic carbocycles. The molecule has 0 rings (SSSR count). The molecule has 0 heterocycles. The second-order valence-corrected chi connectivity index (χ2v) is 9.67. The molecule has 1 heteroatoms. The SMILES string of the molecule is CCCCCCCCCCCCC(CCCO)CCCCCCCCCCCC. The van der Waals surface area contributed by atoms with E-state index >= 15 is 0 Å². The van der Waals surface area contributed by atoms with Gasteiger partial charge in [0.25, 0.3) is 0 Å². The molecule has 29 heavy (non-hydrogen) atoms. The summed E-state index contributed by atoms with van der Waals surface area (Å²) in [6.45, 7) is 4.97. The topological polar surface area (TPSA) is 20.2 Å². The molecule has 0 aliphatic rings. The highest BCUT2D eigenvalue weighted by Crippen LogP contribution is 2.23. The van der Waals surface area contributed by atoms with Gasteiger partial charge in [0.2, 0.25) is 0 Å². The van der Waals surface area contributed by atoms with Gasteiger partial charge in [0.15, 0.2) is 0 Å². The van der Waals surface area contributed by atoms with Gasteiger partial charge in [-0.3, -0.25) is 0 Å². The van der Waals surface area contributed by atoms with Crippen molar-refractivity contribution in [2.75, 3.05) is 6.61 Å². The highest BCUT2D eigenvalue weighted by molar-refractivity contribution is 4.61. The summed E-state index contributed by atoms with van der Waals surface area (Å²) in [5.74, 6) is 0.880. The number of hydrogen-bond acceptors (Lipinski definition) is 1. The van der Waals surface area contributed by atoms with Gasteiger partial charge in [-0.1, -0.05) is 155 Å². The van der Waals surface area contributed by atoms with Crippen molar-refractivity contribution in [3.05, 3.63) is 0 Å². The Kier molecular flexibility index (Phi) is 26.0. The van der Waals surface area contributed by atoms with E-state index in [9.17, 15) is 5.11 Å². The molecule has 0 amide bonds. The van der Waals surface area contributed by atoms with Crippen LogP contribution in [0.5, 0.6) is 0 Å². The zero-order valence-corrected chi connectivity index (χ0v) is 20.7. The monoisotopic (exact) mass is 410 g/mol. The van der Waals surface area contributed by atoms with Crippen LogP contribution in [0.1, 0.15) is 168 Å². The van der Waals surface area contributed by atoms with E-state index in [-0.39, 0.29) is 0 Å². The lowest BCUT2D eigenvalue weighted by Crippen LogP contribution is -2.02. The molecule has 0 aromatic heterocycles. The van der Waals surface area contributed by atoms with E-state index in [0.29, 0.717) is 6.61 Å². The lowest BCUT2D eigenvalue weighted by atomic mass is 9.90. The van der Waals surface area contributed by atoms with E-state index in [0.717, 1.165) is 12.3 Å².